The normalized spacial score (nSPS) is 11.1. The highest BCUT2D eigenvalue weighted by molar-refractivity contribution is 8.00. The number of carbonyl (C=O) groups is 1. The molecule has 0 saturated carbocycles. The van der Waals surface area contributed by atoms with Gasteiger partial charge in [0.25, 0.3) is 5.69 Å². The number of nitrogens with one attached hydrogen (secondary N) is 1. The zero-order chi connectivity index (χ0) is 23.2. The molecule has 1 N–H and O–H groups in total. The smallest absolute Gasteiger partial charge is 0.270 e. The fourth-order valence-corrected chi connectivity index (χ4v) is 5.18. The van der Waals surface area contributed by atoms with Gasteiger partial charge in [-0.05, 0) is 35.9 Å². The molecule has 0 unspecified atom stereocenters. The first kappa shape index (κ1) is 22.5. The van der Waals surface area contributed by atoms with E-state index < -0.39 is 4.92 Å². The van der Waals surface area contributed by atoms with Crippen molar-refractivity contribution in [2.75, 3.05) is 12.4 Å². The lowest BCUT2D eigenvalue weighted by Crippen LogP contribution is -2.07. The third-order valence-corrected chi connectivity index (χ3v) is 6.90. The second-order valence-corrected chi connectivity index (χ2v) is 9.19. The number of hydrogen-bond donors (Lipinski definition) is 1. The van der Waals surface area contributed by atoms with Crippen molar-refractivity contribution in [1.82, 2.24) is 4.98 Å². The third kappa shape index (κ3) is 5.76. The van der Waals surface area contributed by atoms with Gasteiger partial charge >= 0.3 is 0 Å². The average molecular weight is 478 g/mol. The summed E-state index contributed by atoms with van der Waals surface area (Å²) < 4.78 is 7.09. The Balaban J connectivity index is 1.44. The van der Waals surface area contributed by atoms with Gasteiger partial charge in [0.1, 0.15) is 5.75 Å². The molecule has 7 nitrogen and oxygen atoms in total. The summed E-state index contributed by atoms with van der Waals surface area (Å²) in [5, 5.41) is 13.9. The van der Waals surface area contributed by atoms with Crippen molar-refractivity contribution in [3.05, 3.63) is 94.0 Å². The monoisotopic (exact) mass is 477 g/mol. The van der Waals surface area contributed by atoms with Crippen LogP contribution in [0.3, 0.4) is 0 Å². The summed E-state index contributed by atoms with van der Waals surface area (Å²) in [6, 6.07) is 19.7. The molecule has 0 aliphatic heterocycles. The Bertz CT molecular complexity index is 1340. The first-order valence-electron chi connectivity index (χ1n) is 9.90. The molecule has 9 heteroatoms. The average Bonchev–Trinajstić information content (AvgIpc) is 3.24. The molecule has 0 fully saturated rings. The number of amides is 1. The molecule has 0 radical (unpaired) electrons. The van der Waals surface area contributed by atoms with E-state index >= 15 is 0 Å². The maximum absolute atomic E-state index is 12.2. The van der Waals surface area contributed by atoms with Crippen molar-refractivity contribution in [2.24, 2.45) is 0 Å². The standard InChI is InChI=1S/C24H19N3O4S2/c1-31-21-11-9-19(27(29)30)13-17(21)15-32-24-26-20-10-8-18(14-22(20)33-24)25-23(28)12-7-16-5-3-2-4-6-16/h2-14H,15H2,1H3,(H,25,28)/b12-7+. The van der Waals surface area contributed by atoms with Crippen LogP contribution in [-0.4, -0.2) is 22.9 Å². The van der Waals surface area contributed by atoms with E-state index in [4.69, 9.17) is 4.74 Å². The predicted octanol–water partition coefficient (Wildman–Crippen LogP) is 6.16. The van der Waals surface area contributed by atoms with Crippen LogP contribution in [-0.2, 0) is 10.5 Å². The van der Waals surface area contributed by atoms with E-state index in [0.717, 1.165) is 25.7 Å². The van der Waals surface area contributed by atoms with Gasteiger partial charge in [-0.15, -0.1) is 11.3 Å². The third-order valence-electron chi connectivity index (χ3n) is 4.69. The maximum Gasteiger partial charge on any atom is 0.270 e. The number of nitro groups is 1. The molecule has 0 saturated heterocycles. The Morgan fingerprint density at radius 3 is 2.76 bits per heavy atom. The second kappa shape index (κ2) is 10.3. The molecule has 0 bridgehead atoms. The van der Waals surface area contributed by atoms with Crippen LogP contribution in [0.1, 0.15) is 11.1 Å². The van der Waals surface area contributed by atoms with E-state index in [9.17, 15) is 14.9 Å². The first-order valence-corrected chi connectivity index (χ1v) is 11.7. The fraction of sp³-hybridized carbons (Fsp3) is 0.0833. The van der Waals surface area contributed by atoms with Crippen LogP contribution in [0.4, 0.5) is 11.4 Å². The summed E-state index contributed by atoms with van der Waals surface area (Å²) in [5.74, 6) is 0.872. The van der Waals surface area contributed by atoms with Crippen molar-refractivity contribution >= 4 is 56.7 Å². The summed E-state index contributed by atoms with van der Waals surface area (Å²) in [6.07, 6.45) is 3.26. The molecule has 1 heterocycles. The van der Waals surface area contributed by atoms with Gasteiger partial charge in [-0.3, -0.25) is 14.9 Å². The summed E-state index contributed by atoms with van der Waals surface area (Å²) in [7, 11) is 1.54. The second-order valence-electron chi connectivity index (χ2n) is 6.94. The summed E-state index contributed by atoms with van der Waals surface area (Å²) in [6.45, 7) is 0. The SMILES string of the molecule is COc1ccc([N+](=O)[O-])cc1CSc1nc2ccc(NC(=O)/C=C/c3ccccc3)cc2s1. The molecule has 0 aliphatic carbocycles. The largest absolute Gasteiger partial charge is 0.496 e. The lowest BCUT2D eigenvalue weighted by atomic mass is 10.2. The van der Waals surface area contributed by atoms with Gasteiger partial charge in [-0.25, -0.2) is 4.98 Å². The Morgan fingerprint density at radius 2 is 2.00 bits per heavy atom. The minimum Gasteiger partial charge on any atom is -0.496 e. The van der Waals surface area contributed by atoms with E-state index in [0.29, 0.717) is 17.2 Å². The van der Waals surface area contributed by atoms with Crippen molar-refractivity contribution in [2.45, 2.75) is 10.1 Å². The van der Waals surface area contributed by atoms with Crippen molar-refractivity contribution in [1.29, 1.82) is 0 Å². The molecular weight excluding hydrogens is 458 g/mol. The number of non-ortho nitro benzene ring substituents is 1. The van der Waals surface area contributed by atoms with Gasteiger partial charge in [0, 0.05) is 35.2 Å². The van der Waals surface area contributed by atoms with Gasteiger partial charge in [-0.1, -0.05) is 42.1 Å². The number of benzene rings is 3. The number of hydrogen-bond acceptors (Lipinski definition) is 7. The molecule has 0 atom stereocenters. The van der Waals surface area contributed by atoms with Crippen LogP contribution in [0.15, 0.2) is 77.1 Å². The minimum atomic E-state index is -0.420. The van der Waals surface area contributed by atoms with Crippen LogP contribution in [0.5, 0.6) is 5.75 Å². The highest BCUT2D eigenvalue weighted by Crippen LogP contribution is 2.35. The number of rotatable bonds is 8. The topological polar surface area (TPSA) is 94.4 Å². The molecule has 3 aromatic carbocycles. The number of ether oxygens (including phenoxy) is 1. The van der Waals surface area contributed by atoms with E-state index in [-0.39, 0.29) is 11.6 Å². The van der Waals surface area contributed by atoms with Gasteiger partial charge in [-0.2, -0.15) is 0 Å². The molecular formula is C24H19N3O4S2. The zero-order valence-corrected chi connectivity index (χ0v) is 19.2. The number of nitro benzene ring substituents is 1. The molecule has 1 amide bonds. The van der Waals surface area contributed by atoms with Gasteiger partial charge in [0.2, 0.25) is 5.91 Å². The molecule has 166 valence electrons. The molecule has 4 rings (SSSR count). The fourth-order valence-electron chi connectivity index (χ4n) is 3.09. The van der Waals surface area contributed by atoms with Gasteiger partial charge in [0.05, 0.1) is 22.2 Å². The summed E-state index contributed by atoms with van der Waals surface area (Å²) in [4.78, 5) is 27.5. The Labute approximate surface area is 198 Å². The predicted molar refractivity (Wildman–Crippen MR) is 133 cm³/mol. The van der Waals surface area contributed by atoms with Crippen LogP contribution >= 0.6 is 23.1 Å². The lowest BCUT2D eigenvalue weighted by molar-refractivity contribution is -0.384. The molecule has 33 heavy (non-hydrogen) atoms. The number of methoxy groups -OCH3 is 1. The molecule has 0 aliphatic rings. The van der Waals surface area contributed by atoms with Crippen LogP contribution in [0.25, 0.3) is 16.3 Å². The maximum atomic E-state index is 12.2. The number of fused-ring (bicyclic) bond motifs is 1. The quantitative estimate of drug-likeness (QED) is 0.141. The molecule has 4 aromatic rings. The zero-order valence-electron chi connectivity index (χ0n) is 17.6. The van der Waals surface area contributed by atoms with E-state index in [1.54, 1.807) is 12.1 Å². The highest BCUT2D eigenvalue weighted by Gasteiger charge is 2.13. The number of carbonyl (C=O) groups excluding carboxylic acids is 1. The number of thiazole rings is 1. The van der Waals surface area contributed by atoms with Crippen LogP contribution in [0.2, 0.25) is 0 Å². The summed E-state index contributed by atoms with van der Waals surface area (Å²) in [5.41, 5.74) is 3.22. The first-order chi connectivity index (χ1) is 16.0. The summed E-state index contributed by atoms with van der Waals surface area (Å²) >= 11 is 2.98. The number of anilines is 1. The molecule has 1 aromatic heterocycles. The van der Waals surface area contributed by atoms with Crippen LogP contribution in [0, 0.1) is 10.1 Å². The Morgan fingerprint density at radius 1 is 1.18 bits per heavy atom. The van der Waals surface area contributed by atoms with Crippen molar-refractivity contribution in [3.63, 3.8) is 0 Å². The Kier molecular flexibility index (Phi) is 7.01. The van der Waals surface area contributed by atoms with Crippen LogP contribution < -0.4 is 10.1 Å². The number of nitrogens with zero attached hydrogens (tertiary/aromatic N) is 2. The van der Waals surface area contributed by atoms with E-state index in [1.165, 1.54) is 48.4 Å². The lowest BCUT2D eigenvalue weighted by Gasteiger charge is -2.06. The van der Waals surface area contributed by atoms with Crippen molar-refractivity contribution < 1.29 is 14.5 Å². The van der Waals surface area contributed by atoms with E-state index in [2.05, 4.69) is 10.3 Å². The molecule has 0 spiro atoms. The van der Waals surface area contributed by atoms with Crippen molar-refractivity contribution in [3.8, 4) is 5.75 Å². The minimum absolute atomic E-state index is 0.0254. The van der Waals surface area contributed by atoms with Gasteiger partial charge in [0.15, 0.2) is 4.34 Å². The number of aromatic nitrogens is 1. The van der Waals surface area contributed by atoms with Gasteiger partial charge < -0.3 is 10.1 Å². The highest BCUT2D eigenvalue weighted by atomic mass is 32.2. The number of thioether (sulfide) groups is 1. The van der Waals surface area contributed by atoms with E-state index in [1.807, 2.05) is 48.5 Å². The Hall–Kier alpha value is -3.69.